The summed E-state index contributed by atoms with van der Waals surface area (Å²) in [6, 6.07) is 101. The Labute approximate surface area is 461 Å². The van der Waals surface area contributed by atoms with Crippen molar-refractivity contribution in [3.63, 3.8) is 0 Å². The number of hydrogen-bond acceptors (Lipinski definition) is 4. The second-order valence-electron chi connectivity index (χ2n) is 21.0. The van der Waals surface area contributed by atoms with Crippen molar-refractivity contribution >= 4 is 131 Å². The predicted octanol–water partition coefficient (Wildman–Crippen LogP) is 21.0. The molecule has 0 unspecified atom stereocenters. The Morgan fingerprint density at radius 3 is 0.938 bits per heavy atom. The summed E-state index contributed by atoms with van der Waals surface area (Å²) in [6.45, 7) is 0. The number of nitriles is 2. The Hall–Kier alpha value is -11.0. The van der Waals surface area contributed by atoms with Crippen molar-refractivity contribution < 1.29 is 0 Å². The first-order chi connectivity index (χ1) is 39.6. The molecule has 0 bridgehead atoms. The molecule has 80 heavy (non-hydrogen) atoms. The highest BCUT2D eigenvalue weighted by atomic mass is 15.1. The average molecular weight is 1010 g/mol. The highest BCUT2D eigenvalue weighted by molar-refractivity contribution is 6.44. The van der Waals surface area contributed by atoms with Crippen molar-refractivity contribution in [2.45, 2.75) is 0 Å². The molecule has 0 aromatic heterocycles. The maximum Gasteiger partial charge on any atom is 0.0991 e. The highest BCUT2D eigenvalue weighted by Gasteiger charge is 2.28. The second-order valence-corrected chi connectivity index (χ2v) is 21.0. The van der Waals surface area contributed by atoms with Gasteiger partial charge in [-0.15, -0.1) is 0 Å². The van der Waals surface area contributed by atoms with Crippen LogP contribution in [0.25, 0.3) is 119 Å². The molecule has 0 amide bonds. The summed E-state index contributed by atoms with van der Waals surface area (Å²) in [6.07, 6.45) is 0. The lowest BCUT2D eigenvalue weighted by Gasteiger charge is -2.26. The molecule has 0 saturated carbocycles. The zero-order valence-corrected chi connectivity index (χ0v) is 43.2. The minimum absolute atomic E-state index is 0.606. The first-order valence-electron chi connectivity index (χ1n) is 27.1. The molecule has 0 radical (unpaired) electrons. The van der Waals surface area contributed by atoms with Crippen molar-refractivity contribution in [3.8, 4) is 34.4 Å². The van der Waals surface area contributed by atoms with Crippen molar-refractivity contribution in [2.75, 3.05) is 9.80 Å². The average Bonchev–Trinajstić information content (AvgIpc) is 4.23. The topological polar surface area (TPSA) is 54.1 Å². The normalized spacial score (nSPS) is 11.7. The molecule has 0 aliphatic rings. The summed E-state index contributed by atoms with van der Waals surface area (Å²) in [5.74, 6) is 0. The fraction of sp³-hybridized carbons (Fsp3) is 0. The number of anilines is 6. The number of fused-ring (bicyclic) bond motifs is 11. The van der Waals surface area contributed by atoms with E-state index in [0.29, 0.717) is 11.1 Å². The minimum Gasteiger partial charge on any atom is -0.310 e. The molecule has 0 spiro atoms. The van der Waals surface area contributed by atoms with E-state index in [1.54, 1.807) is 0 Å². The summed E-state index contributed by atoms with van der Waals surface area (Å²) in [4.78, 5) is 4.75. The molecule has 4 nitrogen and oxygen atoms in total. The van der Waals surface area contributed by atoms with Crippen LogP contribution in [0.15, 0.2) is 267 Å². The summed E-state index contributed by atoms with van der Waals surface area (Å²) in [7, 11) is 0. The van der Waals surface area contributed by atoms with Gasteiger partial charge in [0, 0.05) is 34.1 Å². The van der Waals surface area contributed by atoms with Gasteiger partial charge in [-0.3, -0.25) is 0 Å². The van der Waals surface area contributed by atoms with Gasteiger partial charge in [0.1, 0.15) is 0 Å². The maximum absolute atomic E-state index is 10.3. The smallest absolute Gasteiger partial charge is 0.0991 e. The minimum atomic E-state index is 0.606. The lowest BCUT2D eigenvalue weighted by atomic mass is 9.85. The Balaban J connectivity index is 1.13. The van der Waals surface area contributed by atoms with Gasteiger partial charge in [0.25, 0.3) is 0 Å². The van der Waals surface area contributed by atoms with Crippen LogP contribution in [0.3, 0.4) is 0 Å². The lowest BCUT2D eigenvalue weighted by Crippen LogP contribution is -2.09. The van der Waals surface area contributed by atoms with Crippen LogP contribution < -0.4 is 9.80 Å². The largest absolute Gasteiger partial charge is 0.310 e. The van der Waals surface area contributed by atoms with Gasteiger partial charge in [-0.2, -0.15) is 10.5 Å². The maximum atomic E-state index is 10.3. The first-order valence-corrected chi connectivity index (χ1v) is 27.1. The Morgan fingerprint density at radius 1 is 0.225 bits per heavy atom. The van der Waals surface area contributed by atoms with Crippen LogP contribution >= 0.6 is 0 Å². The molecule has 4 heteroatoms. The highest BCUT2D eigenvalue weighted by Crippen LogP contribution is 2.56. The van der Waals surface area contributed by atoms with Crippen LogP contribution in [0.4, 0.5) is 34.1 Å². The second kappa shape index (κ2) is 17.8. The number of rotatable bonds is 8. The molecule has 16 aromatic carbocycles. The fourth-order valence-corrected chi connectivity index (χ4v) is 13.3. The standard InChI is InChI=1S/C76H44N4/c77-45-47-29-33-49(34-30-47)71-68-44-62-61(63-37-51-17-13-15-27-59(51)64-39-57(41-66(62)73(63)64)79(53-19-5-1-6-20-53)54-21-7-2-8-22-54)43-67(68)72(50-35-31-48(46-78)32-36-50)76-70-42-58(80(55-23-9-3-10-24-55)56-25-11-4-12-26-56)40-65-60-28-16-14-18-52(60)38-69(74(65)70)75(71)76/h1-44H. The van der Waals surface area contributed by atoms with Crippen molar-refractivity contribution in [1.82, 2.24) is 0 Å². The van der Waals surface area contributed by atoms with E-state index in [2.05, 4.69) is 265 Å². The van der Waals surface area contributed by atoms with Crippen molar-refractivity contribution in [2.24, 2.45) is 0 Å². The monoisotopic (exact) mass is 1010 g/mol. The van der Waals surface area contributed by atoms with Gasteiger partial charge in [0.15, 0.2) is 0 Å². The molecule has 0 N–H and O–H groups in total. The third-order valence-electron chi connectivity index (χ3n) is 16.6. The third-order valence-corrected chi connectivity index (χ3v) is 16.6. The Morgan fingerprint density at radius 2 is 0.537 bits per heavy atom. The van der Waals surface area contributed by atoms with Crippen LogP contribution in [0.5, 0.6) is 0 Å². The number of para-hydroxylation sites is 4. The molecule has 0 heterocycles. The fourth-order valence-electron chi connectivity index (χ4n) is 13.3. The van der Waals surface area contributed by atoms with Gasteiger partial charge >= 0.3 is 0 Å². The van der Waals surface area contributed by atoms with E-state index in [9.17, 15) is 10.5 Å². The van der Waals surface area contributed by atoms with Gasteiger partial charge in [-0.25, -0.2) is 0 Å². The SMILES string of the molecule is N#Cc1ccc(-c2c3cc4c(cc3c(-c3ccc(C#N)cc3)c3c5cc6ccccc6c6cc(N(c7ccccc7)c7ccccc7)cc(c23)c65)c2cc(N(c3ccccc3)c3ccccc3)cc3c5ccccc5cc4c32)cc1. The zero-order valence-electron chi connectivity index (χ0n) is 43.2. The Bertz CT molecular complexity index is 5140. The van der Waals surface area contributed by atoms with E-state index in [0.717, 1.165) is 94.1 Å². The molecule has 368 valence electrons. The summed E-state index contributed by atoms with van der Waals surface area (Å²) in [5, 5.41) is 41.6. The van der Waals surface area contributed by atoms with E-state index >= 15 is 0 Å². The van der Waals surface area contributed by atoms with E-state index in [4.69, 9.17) is 0 Å². The first kappa shape index (κ1) is 45.2. The van der Waals surface area contributed by atoms with Gasteiger partial charge < -0.3 is 9.80 Å². The van der Waals surface area contributed by atoms with Gasteiger partial charge in [0.05, 0.1) is 23.3 Å². The van der Waals surface area contributed by atoms with Crippen LogP contribution in [-0.4, -0.2) is 0 Å². The zero-order chi connectivity index (χ0) is 53.0. The summed E-state index contributed by atoms with van der Waals surface area (Å²) < 4.78 is 0. The lowest BCUT2D eigenvalue weighted by molar-refractivity contribution is 1.29. The molecular formula is C76H44N4. The van der Waals surface area contributed by atoms with Gasteiger partial charge in [-0.05, 0) is 241 Å². The van der Waals surface area contributed by atoms with Crippen molar-refractivity contribution in [1.29, 1.82) is 10.5 Å². The molecule has 0 fully saturated rings. The van der Waals surface area contributed by atoms with Crippen LogP contribution in [-0.2, 0) is 0 Å². The number of nitrogens with zero attached hydrogens (tertiary/aromatic N) is 4. The number of hydrogen-bond donors (Lipinski definition) is 0. The van der Waals surface area contributed by atoms with Crippen LogP contribution in [0.2, 0.25) is 0 Å². The van der Waals surface area contributed by atoms with E-state index in [-0.39, 0.29) is 0 Å². The molecule has 0 aliphatic carbocycles. The Kier molecular flexibility index (Phi) is 10.0. The quantitative estimate of drug-likeness (QED) is 0.142. The van der Waals surface area contributed by atoms with E-state index < -0.39 is 0 Å². The summed E-state index contributed by atoms with van der Waals surface area (Å²) >= 11 is 0. The third kappa shape index (κ3) is 6.80. The van der Waals surface area contributed by atoms with Gasteiger partial charge in [-0.1, -0.05) is 146 Å². The molecule has 16 rings (SSSR count). The van der Waals surface area contributed by atoms with E-state index in [1.165, 1.54) is 59.2 Å². The molecule has 0 atom stereocenters. The predicted molar refractivity (Wildman–Crippen MR) is 336 cm³/mol. The molecular weight excluding hydrogens is 969 g/mol. The molecule has 0 saturated heterocycles. The van der Waals surface area contributed by atoms with Crippen LogP contribution in [0, 0.1) is 22.7 Å². The molecule has 0 aliphatic heterocycles. The summed E-state index contributed by atoms with van der Waals surface area (Å²) in [5.41, 5.74) is 11.9. The molecule has 16 aromatic rings. The van der Waals surface area contributed by atoms with Gasteiger partial charge in [0.2, 0.25) is 0 Å². The van der Waals surface area contributed by atoms with Crippen LogP contribution in [0.1, 0.15) is 11.1 Å². The van der Waals surface area contributed by atoms with Crippen molar-refractivity contribution in [3.05, 3.63) is 278 Å². The number of benzene rings is 14. The van der Waals surface area contributed by atoms with E-state index in [1.807, 2.05) is 24.3 Å².